The first-order valence-electron chi connectivity index (χ1n) is 6.42. The predicted molar refractivity (Wildman–Crippen MR) is 67.0 cm³/mol. The van der Waals surface area contributed by atoms with Crippen molar-refractivity contribution >= 4 is 29.6 Å². The molecule has 0 aromatic rings. The summed E-state index contributed by atoms with van der Waals surface area (Å²) >= 11 is 1.77. The quantitative estimate of drug-likeness (QED) is 0.724. The molecule has 1 atom stereocenters. The average Bonchev–Trinajstić information content (AvgIpc) is 2.28. The van der Waals surface area contributed by atoms with Gasteiger partial charge in [-0.15, -0.1) is 0 Å². The number of urea groups is 1. The summed E-state index contributed by atoms with van der Waals surface area (Å²) in [6.07, 6.45) is 3.94. The first-order valence-corrected chi connectivity index (χ1v) is 7.57. The molecule has 0 aromatic heterocycles. The monoisotopic (exact) mass is 268 g/mol. The summed E-state index contributed by atoms with van der Waals surface area (Å²) < 4.78 is 0. The summed E-state index contributed by atoms with van der Waals surface area (Å²) in [4.78, 5) is 37.6. The number of hydrogen-bond acceptors (Lipinski definition) is 4. The maximum atomic E-state index is 12.5. The Hall–Kier alpha value is -1.04. The zero-order valence-corrected chi connectivity index (χ0v) is 10.9. The van der Waals surface area contributed by atoms with E-state index in [9.17, 15) is 14.4 Å². The van der Waals surface area contributed by atoms with Crippen LogP contribution in [0.15, 0.2) is 0 Å². The van der Waals surface area contributed by atoms with Crippen LogP contribution in [-0.4, -0.2) is 40.3 Å². The second-order valence-corrected chi connectivity index (χ2v) is 6.39. The van der Waals surface area contributed by atoms with Gasteiger partial charge in [0.1, 0.15) is 5.41 Å². The highest BCUT2D eigenvalue weighted by atomic mass is 32.2. The molecule has 1 aliphatic carbocycles. The van der Waals surface area contributed by atoms with E-state index in [0.29, 0.717) is 12.8 Å². The number of carbonyl (C=O) groups excluding carboxylic acids is 3. The fourth-order valence-corrected chi connectivity index (χ4v) is 4.05. The fraction of sp³-hybridized carbons (Fsp3) is 0.750. The van der Waals surface area contributed by atoms with Gasteiger partial charge in [-0.2, -0.15) is 11.8 Å². The van der Waals surface area contributed by atoms with Crippen molar-refractivity contribution in [3.63, 3.8) is 0 Å². The number of nitrogens with one attached hydrogen (secondary N) is 1. The lowest BCUT2D eigenvalue weighted by Gasteiger charge is -2.47. The van der Waals surface area contributed by atoms with E-state index in [0.717, 1.165) is 30.8 Å². The molecule has 3 fully saturated rings. The number of carbonyl (C=O) groups is 3. The Morgan fingerprint density at radius 1 is 1.22 bits per heavy atom. The molecule has 0 bridgehead atoms. The van der Waals surface area contributed by atoms with Gasteiger partial charge in [-0.05, 0) is 31.4 Å². The number of hydrogen-bond donors (Lipinski definition) is 1. The van der Waals surface area contributed by atoms with Crippen LogP contribution in [0.25, 0.3) is 0 Å². The van der Waals surface area contributed by atoms with Crippen molar-refractivity contribution in [1.29, 1.82) is 0 Å². The molecular weight excluding hydrogens is 252 g/mol. The zero-order valence-electron chi connectivity index (χ0n) is 10.1. The second-order valence-electron chi connectivity index (χ2n) is 5.24. The third-order valence-electron chi connectivity index (χ3n) is 4.21. The predicted octanol–water partition coefficient (Wildman–Crippen LogP) is 1.13. The molecular formula is C12H16N2O3S. The SMILES string of the molecule is O=C1NC(=O)C2(CCC2)C(=O)N1C1CCCSC1. The number of thioether (sulfide) groups is 1. The maximum Gasteiger partial charge on any atom is 0.331 e. The molecule has 18 heavy (non-hydrogen) atoms. The van der Waals surface area contributed by atoms with Crippen LogP contribution in [0, 0.1) is 5.41 Å². The highest BCUT2D eigenvalue weighted by Gasteiger charge is 2.58. The Bertz CT molecular complexity index is 414. The minimum atomic E-state index is -0.921. The molecule has 5 nitrogen and oxygen atoms in total. The molecule has 0 radical (unpaired) electrons. The lowest BCUT2D eigenvalue weighted by molar-refractivity contribution is -0.159. The molecule has 3 aliphatic rings. The van der Waals surface area contributed by atoms with Crippen molar-refractivity contribution in [1.82, 2.24) is 10.2 Å². The van der Waals surface area contributed by atoms with Crippen molar-refractivity contribution in [2.75, 3.05) is 11.5 Å². The number of nitrogens with zero attached hydrogens (tertiary/aromatic N) is 1. The normalized spacial score (nSPS) is 31.2. The topological polar surface area (TPSA) is 66.5 Å². The minimum Gasteiger partial charge on any atom is -0.277 e. The molecule has 2 saturated heterocycles. The van der Waals surface area contributed by atoms with E-state index < -0.39 is 11.4 Å². The molecule has 1 N–H and O–H groups in total. The van der Waals surface area contributed by atoms with Crippen molar-refractivity contribution in [2.45, 2.75) is 38.1 Å². The van der Waals surface area contributed by atoms with Crippen molar-refractivity contribution < 1.29 is 14.4 Å². The van der Waals surface area contributed by atoms with Crippen LogP contribution in [0.3, 0.4) is 0 Å². The van der Waals surface area contributed by atoms with Crippen LogP contribution >= 0.6 is 11.8 Å². The average molecular weight is 268 g/mol. The van der Waals surface area contributed by atoms with Crippen molar-refractivity contribution in [3.8, 4) is 0 Å². The van der Waals surface area contributed by atoms with Gasteiger partial charge in [0, 0.05) is 5.75 Å². The van der Waals surface area contributed by atoms with Gasteiger partial charge >= 0.3 is 6.03 Å². The van der Waals surface area contributed by atoms with Crippen LogP contribution in [0.5, 0.6) is 0 Å². The summed E-state index contributed by atoms with van der Waals surface area (Å²) in [5.74, 6) is 1.24. The third-order valence-corrected chi connectivity index (χ3v) is 5.41. The van der Waals surface area contributed by atoms with Gasteiger partial charge in [0.2, 0.25) is 11.8 Å². The van der Waals surface area contributed by atoms with Crippen LogP contribution in [-0.2, 0) is 9.59 Å². The van der Waals surface area contributed by atoms with Gasteiger partial charge in [0.25, 0.3) is 0 Å². The zero-order chi connectivity index (χ0) is 12.8. The van der Waals surface area contributed by atoms with Crippen LogP contribution in [0.1, 0.15) is 32.1 Å². The van der Waals surface area contributed by atoms with Crippen molar-refractivity contribution in [3.05, 3.63) is 0 Å². The highest BCUT2D eigenvalue weighted by molar-refractivity contribution is 7.99. The van der Waals surface area contributed by atoms with Gasteiger partial charge in [-0.1, -0.05) is 6.42 Å². The summed E-state index contributed by atoms with van der Waals surface area (Å²) in [6, 6.07) is -0.558. The van der Waals surface area contributed by atoms with Gasteiger partial charge < -0.3 is 0 Å². The summed E-state index contributed by atoms with van der Waals surface area (Å²) in [6.45, 7) is 0. The number of amides is 4. The maximum absolute atomic E-state index is 12.5. The molecule has 1 saturated carbocycles. The van der Waals surface area contributed by atoms with E-state index in [4.69, 9.17) is 0 Å². The number of rotatable bonds is 1. The highest BCUT2D eigenvalue weighted by Crippen LogP contribution is 2.45. The molecule has 2 heterocycles. The smallest absolute Gasteiger partial charge is 0.277 e. The molecule has 6 heteroatoms. The standard InChI is InChI=1S/C12H16N2O3S/c15-9-12(4-2-5-12)10(16)14(11(17)13-9)8-3-1-6-18-7-8/h8H,1-7H2,(H,13,15,17). The van der Waals surface area contributed by atoms with E-state index >= 15 is 0 Å². The van der Waals surface area contributed by atoms with E-state index in [-0.39, 0.29) is 17.9 Å². The first-order chi connectivity index (χ1) is 8.65. The lowest BCUT2D eigenvalue weighted by Crippen LogP contribution is -2.68. The summed E-state index contributed by atoms with van der Waals surface area (Å²) in [5.41, 5.74) is -0.921. The van der Waals surface area contributed by atoms with Gasteiger partial charge in [-0.3, -0.25) is 19.8 Å². The van der Waals surface area contributed by atoms with Crippen LogP contribution in [0.2, 0.25) is 0 Å². The molecule has 4 amide bonds. The summed E-state index contributed by atoms with van der Waals surface area (Å²) in [7, 11) is 0. The van der Waals surface area contributed by atoms with E-state index in [1.807, 2.05) is 0 Å². The van der Waals surface area contributed by atoms with E-state index in [1.165, 1.54) is 4.90 Å². The Morgan fingerprint density at radius 3 is 2.56 bits per heavy atom. The Kier molecular flexibility index (Phi) is 2.84. The fourth-order valence-electron chi connectivity index (χ4n) is 2.93. The van der Waals surface area contributed by atoms with Crippen molar-refractivity contribution in [2.24, 2.45) is 5.41 Å². The van der Waals surface area contributed by atoms with E-state index in [2.05, 4.69) is 5.32 Å². The van der Waals surface area contributed by atoms with Gasteiger partial charge in [0.05, 0.1) is 6.04 Å². The molecule has 98 valence electrons. The van der Waals surface area contributed by atoms with Crippen LogP contribution < -0.4 is 5.32 Å². The largest absolute Gasteiger partial charge is 0.331 e. The second kappa shape index (κ2) is 4.26. The lowest BCUT2D eigenvalue weighted by atomic mass is 9.66. The first kappa shape index (κ1) is 12.0. The van der Waals surface area contributed by atoms with Gasteiger partial charge in [0.15, 0.2) is 0 Å². The Balaban J connectivity index is 1.86. The molecule has 0 aromatic carbocycles. The Labute approximate surface area is 110 Å². The molecule has 1 spiro atoms. The summed E-state index contributed by atoms with van der Waals surface area (Å²) in [5, 5.41) is 2.37. The number of barbiturate groups is 1. The third kappa shape index (κ3) is 1.58. The van der Waals surface area contributed by atoms with Crippen LogP contribution in [0.4, 0.5) is 4.79 Å². The minimum absolute atomic E-state index is 0.0400. The van der Waals surface area contributed by atoms with E-state index in [1.54, 1.807) is 11.8 Å². The molecule has 2 aliphatic heterocycles. The molecule has 1 unspecified atom stereocenters. The van der Waals surface area contributed by atoms with Gasteiger partial charge in [-0.25, -0.2) is 4.79 Å². The Morgan fingerprint density at radius 2 is 2.00 bits per heavy atom. The number of imide groups is 2. The molecule has 3 rings (SSSR count).